The maximum absolute atomic E-state index is 12.7. The van der Waals surface area contributed by atoms with Gasteiger partial charge >= 0.3 is 5.97 Å². The van der Waals surface area contributed by atoms with Gasteiger partial charge < -0.3 is 15.0 Å². The minimum Gasteiger partial charge on any atom is -0.465 e. The number of amides is 1. The second kappa shape index (κ2) is 8.72. The normalized spacial score (nSPS) is 14.3. The molecule has 0 aliphatic carbocycles. The average Bonchev–Trinajstić information content (AvgIpc) is 2.73. The molecule has 1 N–H and O–H groups in total. The molecule has 1 heterocycles. The summed E-state index contributed by atoms with van der Waals surface area (Å²) in [5.41, 5.74) is 1.05. The summed E-state index contributed by atoms with van der Waals surface area (Å²) in [4.78, 5) is 37.7. The third-order valence-electron chi connectivity index (χ3n) is 5.14. The molecule has 29 heavy (non-hydrogen) atoms. The number of piperidine rings is 1. The number of nitrogens with one attached hydrogen (secondary N) is 1. The van der Waals surface area contributed by atoms with Gasteiger partial charge in [-0.3, -0.25) is 14.9 Å². The third-order valence-corrected chi connectivity index (χ3v) is 5.14. The van der Waals surface area contributed by atoms with Crippen molar-refractivity contribution >= 4 is 28.9 Å². The highest BCUT2D eigenvalue weighted by Crippen LogP contribution is 2.32. The fraction of sp³-hybridized carbons (Fsp3) is 0.333. The van der Waals surface area contributed by atoms with E-state index in [0.29, 0.717) is 11.6 Å². The molecule has 0 spiro atoms. The summed E-state index contributed by atoms with van der Waals surface area (Å²) in [6.45, 7) is 3.67. The zero-order chi connectivity index (χ0) is 21.0. The molecule has 2 aromatic carbocycles. The molecule has 8 nitrogen and oxygen atoms in total. The van der Waals surface area contributed by atoms with Crippen molar-refractivity contribution in [3.63, 3.8) is 0 Å². The van der Waals surface area contributed by atoms with Crippen LogP contribution >= 0.6 is 0 Å². The number of nitro groups is 1. The lowest BCUT2D eigenvalue weighted by molar-refractivity contribution is -0.384. The van der Waals surface area contributed by atoms with Crippen LogP contribution in [-0.2, 0) is 4.74 Å². The van der Waals surface area contributed by atoms with Gasteiger partial charge in [0.25, 0.3) is 11.6 Å². The van der Waals surface area contributed by atoms with Crippen molar-refractivity contribution in [1.29, 1.82) is 0 Å². The van der Waals surface area contributed by atoms with Crippen LogP contribution in [0.5, 0.6) is 0 Å². The summed E-state index contributed by atoms with van der Waals surface area (Å²) < 4.78 is 4.72. The molecule has 1 saturated heterocycles. The molecule has 0 saturated carbocycles. The quantitative estimate of drug-likeness (QED) is 0.467. The number of methoxy groups -OCH3 is 1. The highest BCUT2D eigenvalue weighted by atomic mass is 16.6. The van der Waals surface area contributed by atoms with E-state index in [1.807, 2.05) is 4.90 Å². The summed E-state index contributed by atoms with van der Waals surface area (Å²) in [6.07, 6.45) is 1.95. The Hall–Kier alpha value is -3.42. The van der Waals surface area contributed by atoms with Crippen molar-refractivity contribution in [2.45, 2.75) is 19.8 Å². The Kier molecular flexibility index (Phi) is 6.11. The van der Waals surface area contributed by atoms with Crippen molar-refractivity contribution in [3.8, 4) is 0 Å². The Morgan fingerprint density at radius 2 is 1.86 bits per heavy atom. The SMILES string of the molecule is COC(=O)c1ccccc1NC(=O)c1ccc(N2CCC(C)CC2)c([N+](=O)[O-])c1. The van der Waals surface area contributed by atoms with Crippen LogP contribution in [-0.4, -0.2) is 37.0 Å². The van der Waals surface area contributed by atoms with Crippen molar-refractivity contribution < 1.29 is 19.2 Å². The van der Waals surface area contributed by atoms with Crippen LogP contribution < -0.4 is 10.2 Å². The van der Waals surface area contributed by atoms with E-state index < -0.39 is 16.8 Å². The molecule has 8 heteroatoms. The predicted molar refractivity (Wildman–Crippen MR) is 109 cm³/mol. The first-order valence-electron chi connectivity index (χ1n) is 9.42. The Balaban J connectivity index is 1.86. The van der Waals surface area contributed by atoms with Gasteiger partial charge in [-0.1, -0.05) is 19.1 Å². The Bertz CT molecular complexity index is 936. The molecule has 2 aromatic rings. The lowest BCUT2D eigenvalue weighted by atomic mass is 9.98. The van der Waals surface area contributed by atoms with E-state index in [1.165, 1.54) is 19.2 Å². The van der Waals surface area contributed by atoms with Crippen LogP contribution in [0.1, 0.15) is 40.5 Å². The molecule has 1 aliphatic heterocycles. The van der Waals surface area contributed by atoms with Crippen LogP contribution in [0.25, 0.3) is 0 Å². The lowest BCUT2D eigenvalue weighted by Crippen LogP contribution is -2.33. The topological polar surface area (TPSA) is 102 Å². The summed E-state index contributed by atoms with van der Waals surface area (Å²) in [5, 5.41) is 14.3. The van der Waals surface area contributed by atoms with Gasteiger partial charge in [-0.05, 0) is 43.0 Å². The average molecular weight is 397 g/mol. The van der Waals surface area contributed by atoms with E-state index in [2.05, 4.69) is 12.2 Å². The number of carbonyl (C=O) groups excluding carboxylic acids is 2. The summed E-state index contributed by atoms with van der Waals surface area (Å²) in [5.74, 6) is -0.518. The molecule has 1 fully saturated rings. The van der Waals surface area contributed by atoms with Gasteiger partial charge in [0.2, 0.25) is 0 Å². The number of rotatable bonds is 5. The molecule has 1 amide bonds. The highest BCUT2D eigenvalue weighted by molar-refractivity contribution is 6.08. The maximum Gasteiger partial charge on any atom is 0.339 e. The van der Waals surface area contributed by atoms with Crippen LogP contribution in [0, 0.1) is 16.0 Å². The van der Waals surface area contributed by atoms with Crippen LogP contribution in [0.15, 0.2) is 42.5 Å². The lowest BCUT2D eigenvalue weighted by Gasteiger charge is -2.31. The van der Waals surface area contributed by atoms with Gasteiger partial charge in [0.05, 0.1) is 23.3 Å². The van der Waals surface area contributed by atoms with E-state index in [-0.39, 0.29) is 22.5 Å². The smallest absolute Gasteiger partial charge is 0.339 e. The van der Waals surface area contributed by atoms with Gasteiger partial charge in [0, 0.05) is 24.7 Å². The fourth-order valence-corrected chi connectivity index (χ4v) is 3.40. The standard InChI is InChI=1S/C21H23N3O5/c1-14-9-11-23(12-10-14)18-8-7-15(13-19(18)24(27)28)20(25)22-17-6-4-3-5-16(17)21(26)29-2/h3-8,13-14H,9-12H2,1-2H3,(H,22,25). The van der Waals surface area contributed by atoms with E-state index in [9.17, 15) is 19.7 Å². The highest BCUT2D eigenvalue weighted by Gasteiger charge is 2.25. The number of hydrogen-bond acceptors (Lipinski definition) is 6. The number of hydrogen-bond donors (Lipinski definition) is 1. The molecule has 1 aliphatic rings. The zero-order valence-electron chi connectivity index (χ0n) is 16.4. The Morgan fingerprint density at radius 1 is 1.17 bits per heavy atom. The van der Waals surface area contributed by atoms with Gasteiger partial charge in [0.15, 0.2) is 0 Å². The molecule has 0 bridgehead atoms. The van der Waals surface area contributed by atoms with Crippen molar-refractivity contribution in [1.82, 2.24) is 0 Å². The molecular weight excluding hydrogens is 374 g/mol. The number of benzene rings is 2. The number of carbonyl (C=O) groups is 2. The van der Waals surface area contributed by atoms with E-state index in [4.69, 9.17) is 4.74 Å². The zero-order valence-corrected chi connectivity index (χ0v) is 16.4. The van der Waals surface area contributed by atoms with Gasteiger partial charge in [0.1, 0.15) is 5.69 Å². The van der Waals surface area contributed by atoms with E-state index in [1.54, 1.807) is 30.3 Å². The van der Waals surface area contributed by atoms with Crippen LogP contribution in [0.2, 0.25) is 0 Å². The molecular formula is C21H23N3O5. The minimum atomic E-state index is -0.582. The van der Waals surface area contributed by atoms with Crippen molar-refractivity contribution in [2.75, 3.05) is 30.4 Å². The first-order chi connectivity index (χ1) is 13.9. The summed E-state index contributed by atoms with van der Waals surface area (Å²) in [6, 6.07) is 10.9. The second-order valence-corrected chi connectivity index (χ2v) is 7.12. The summed E-state index contributed by atoms with van der Waals surface area (Å²) in [7, 11) is 1.25. The number of para-hydroxylation sites is 1. The second-order valence-electron chi connectivity index (χ2n) is 7.12. The van der Waals surface area contributed by atoms with Gasteiger partial charge in [-0.2, -0.15) is 0 Å². The fourth-order valence-electron chi connectivity index (χ4n) is 3.40. The monoisotopic (exact) mass is 397 g/mol. The molecule has 3 rings (SSSR count). The Labute approximate surface area is 168 Å². The van der Waals surface area contributed by atoms with E-state index in [0.717, 1.165) is 25.9 Å². The van der Waals surface area contributed by atoms with Crippen LogP contribution in [0.4, 0.5) is 17.1 Å². The molecule has 0 radical (unpaired) electrons. The molecule has 0 aromatic heterocycles. The van der Waals surface area contributed by atoms with Gasteiger partial charge in [-0.15, -0.1) is 0 Å². The number of anilines is 2. The number of esters is 1. The van der Waals surface area contributed by atoms with Crippen molar-refractivity contribution in [3.05, 3.63) is 63.7 Å². The summed E-state index contributed by atoms with van der Waals surface area (Å²) >= 11 is 0. The third kappa shape index (κ3) is 4.53. The Morgan fingerprint density at radius 3 is 2.52 bits per heavy atom. The predicted octanol–water partition coefficient (Wildman–Crippen LogP) is 3.87. The maximum atomic E-state index is 12.7. The van der Waals surface area contributed by atoms with E-state index >= 15 is 0 Å². The number of nitrogens with zero attached hydrogens (tertiary/aromatic N) is 2. The van der Waals surface area contributed by atoms with Crippen LogP contribution in [0.3, 0.4) is 0 Å². The molecule has 0 unspecified atom stereocenters. The van der Waals surface area contributed by atoms with Gasteiger partial charge in [-0.25, -0.2) is 4.79 Å². The van der Waals surface area contributed by atoms with Crippen molar-refractivity contribution in [2.24, 2.45) is 5.92 Å². The number of ether oxygens (including phenoxy) is 1. The molecule has 0 atom stereocenters. The number of nitro benzene ring substituents is 1. The first kappa shape index (κ1) is 20.3. The minimum absolute atomic E-state index is 0.103. The first-order valence-corrected chi connectivity index (χ1v) is 9.42. The molecule has 152 valence electrons. The largest absolute Gasteiger partial charge is 0.465 e.